The first-order valence-electron chi connectivity index (χ1n) is 8.45. The van der Waals surface area contributed by atoms with Crippen molar-refractivity contribution in [2.24, 2.45) is 0 Å². The molecule has 1 aliphatic heterocycles. The molecular weight excluding hydrogens is 306 g/mol. The topological polar surface area (TPSA) is 65.4 Å². The van der Waals surface area contributed by atoms with Gasteiger partial charge in [-0.2, -0.15) is 5.10 Å². The Hall–Kier alpha value is -2.18. The van der Waals surface area contributed by atoms with Gasteiger partial charge in [0.15, 0.2) is 6.10 Å². The quantitative estimate of drug-likeness (QED) is 0.922. The van der Waals surface area contributed by atoms with Crippen molar-refractivity contribution in [2.45, 2.75) is 31.9 Å². The molecule has 1 amide bonds. The number of para-hydroxylation sites is 1. The van der Waals surface area contributed by atoms with Crippen molar-refractivity contribution in [1.82, 2.24) is 15.1 Å². The maximum atomic E-state index is 12.2. The summed E-state index contributed by atoms with van der Waals surface area (Å²) in [4.78, 5) is 12.2. The Morgan fingerprint density at radius 3 is 2.92 bits per heavy atom. The number of fused-ring (bicyclic) bond motifs is 1. The van der Waals surface area contributed by atoms with Crippen molar-refractivity contribution in [2.75, 3.05) is 19.8 Å². The molecule has 2 aromatic rings. The van der Waals surface area contributed by atoms with Crippen LogP contribution in [0, 0.1) is 0 Å². The fourth-order valence-corrected chi connectivity index (χ4v) is 3.36. The van der Waals surface area contributed by atoms with Crippen LogP contribution in [0.3, 0.4) is 0 Å². The van der Waals surface area contributed by atoms with Crippen LogP contribution < -0.4 is 5.32 Å². The second kappa shape index (κ2) is 6.75. The van der Waals surface area contributed by atoms with Crippen molar-refractivity contribution in [3.63, 3.8) is 0 Å². The third-order valence-electron chi connectivity index (χ3n) is 4.55. The molecule has 0 saturated carbocycles. The zero-order valence-corrected chi connectivity index (χ0v) is 13.5. The highest BCUT2D eigenvalue weighted by molar-refractivity contribution is 5.81. The molecule has 2 heterocycles. The number of carbonyl (C=O) groups is 1. The van der Waals surface area contributed by atoms with Gasteiger partial charge in [0.05, 0.1) is 37.7 Å². The van der Waals surface area contributed by atoms with Gasteiger partial charge < -0.3 is 14.8 Å². The number of aromatic nitrogens is 2. The highest BCUT2D eigenvalue weighted by atomic mass is 16.6. The SMILES string of the molecule is O=C(NCc1nn(-c2ccccc2)c2c1CCC2)C1COCCO1. The second-order valence-corrected chi connectivity index (χ2v) is 6.12. The van der Waals surface area contributed by atoms with Crippen LogP contribution in [0.25, 0.3) is 5.69 Å². The molecular formula is C18H21N3O3. The molecule has 0 spiro atoms. The molecule has 24 heavy (non-hydrogen) atoms. The minimum absolute atomic E-state index is 0.129. The Morgan fingerprint density at radius 1 is 1.25 bits per heavy atom. The standard InChI is InChI=1S/C18H21N3O3/c22-18(17-12-23-9-10-24-17)19-11-15-14-7-4-8-16(14)21(20-15)13-5-2-1-3-6-13/h1-3,5-6,17H,4,7-12H2,(H,19,22). The summed E-state index contributed by atoms with van der Waals surface area (Å²) in [6.45, 7) is 1.78. The Morgan fingerprint density at radius 2 is 2.12 bits per heavy atom. The summed E-state index contributed by atoms with van der Waals surface area (Å²) >= 11 is 0. The molecule has 1 atom stereocenters. The van der Waals surface area contributed by atoms with Gasteiger partial charge >= 0.3 is 0 Å². The van der Waals surface area contributed by atoms with E-state index >= 15 is 0 Å². The zero-order chi connectivity index (χ0) is 16.4. The maximum absolute atomic E-state index is 12.2. The fraction of sp³-hybridized carbons (Fsp3) is 0.444. The summed E-state index contributed by atoms with van der Waals surface area (Å²) in [6.07, 6.45) is 2.69. The van der Waals surface area contributed by atoms with Crippen LogP contribution in [0.5, 0.6) is 0 Å². The first-order valence-corrected chi connectivity index (χ1v) is 8.45. The van der Waals surface area contributed by atoms with Gasteiger partial charge in [-0.1, -0.05) is 18.2 Å². The van der Waals surface area contributed by atoms with Crippen molar-refractivity contribution < 1.29 is 14.3 Å². The molecule has 6 nitrogen and oxygen atoms in total. The number of ether oxygens (including phenoxy) is 2. The number of amides is 1. The maximum Gasteiger partial charge on any atom is 0.251 e. The van der Waals surface area contributed by atoms with Gasteiger partial charge in [0.1, 0.15) is 0 Å². The Bertz CT molecular complexity index is 721. The summed E-state index contributed by atoms with van der Waals surface area (Å²) in [6, 6.07) is 10.1. The lowest BCUT2D eigenvalue weighted by Gasteiger charge is -2.21. The first kappa shape index (κ1) is 15.4. The number of carbonyl (C=O) groups excluding carboxylic acids is 1. The van der Waals surface area contributed by atoms with E-state index < -0.39 is 6.10 Å². The third kappa shape index (κ3) is 2.95. The van der Waals surface area contributed by atoms with Crippen LogP contribution >= 0.6 is 0 Å². The largest absolute Gasteiger partial charge is 0.376 e. The molecule has 2 aliphatic rings. The Balaban J connectivity index is 1.51. The number of hydrogen-bond donors (Lipinski definition) is 1. The lowest BCUT2D eigenvalue weighted by molar-refractivity contribution is -0.147. The van der Waals surface area contributed by atoms with E-state index in [-0.39, 0.29) is 5.91 Å². The van der Waals surface area contributed by atoms with Crippen molar-refractivity contribution in [3.05, 3.63) is 47.3 Å². The van der Waals surface area contributed by atoms with E-state index in [1.165, 1.54) is 11.3 Å². The molecule has 6 heteroatoms. The van der Waals surface area contributed by atoms with E-state index in [9.17, 15) is 4.79 Å². The first-order chi connectivity index (χ1) is 11.8. The van der Waals surface area contributed by atoms with E-state index in [4.69, 9.17) is 14.6 Å². The van der Waals surface area contributed by atoms with E-state index in [1.807, 2.05) is 22.9 Å². The van der Waals surface area contributed by atoms with Gasteiger partial charge in [0, 0.05) is 5.69 Å². The van der Waals surface area contributed by atoms with Crippen LogP contribution in [0.1, 0.15) is 23.4 Å². The average Bonchev–Trinajstić information content (AvgIpc) is 3.24. The van der Waals surface area contributed by atoms with E-state index in [1.54, 1.807) is 0 Å². The highest BCUT2D eigenvalue weighted by Gasteiger charge is 2.25. The highest BCUT2D eigenvalue weighted by Crippen LogP contribution is 2.27. The molecule has 126 valence electrons. The van der Waals surface area contributed by atoms with Gasteiger partial charge in [0.2, 0.25) is 0 Å². The van der Waals surface area contributed by atoms with Gasteiger partial charge in [-0.3, -0.25) is 4.79 Å². The van der Waals surface area contributed by atoms with Gasteiger partial charge in [0.25, 0.3) is 5.91 Å². The van der Waals surface area contributed by atoms with Crippen LogP contribution in [0.4, 0.5) is 0 Å². The molecule has 1 fully saturated rings. The normalized spacial score (nSPS) is 19.9. The number of benzene rings is 1. The number of hydrogen-bond acceptors (Lipinski definition) is 4. The zero-order valence-electron chi connectivity index (χ0n) is 13.5. The van der Waals surface area contributed by atoms with E-state index in [0.29, 0.717) is 26.4 Å². The van der Waals surface area contributed by atoms with E-state index in [2.05, 4.69) is 17.4 Å². The van der Waals surface area contributed by atoms with Crippen molar-refractivity contribution in [3.8, 4) is 5.69 Å². The average molecular weight is 327 g/mol. The molecule has 1 unspecified atom stereocenters. The second-order valence-electron chi connectivity index (χ2n) is 6.12. The lowest BCUT2D eigenvalue weighted by Crippen LogP contribution is -2.42. The minimum atomic E-state index is -0.511. The summed E-state index contributed by atoms with van der Waals surface area (Å²) in [5.74, 6) is -0.129. The van der Waals surface area contributed by atoms with Crippen LogP contribution in [-0.2, 0) is 33.7 Å². The van der Waals surface area contributed by atoms with Gasteiger partial charge in [-0.05, 0) is 37.0 Å². The van der Waals surface area contributed by atoms with Gasteiger partial charge in [-0.15, -0.1) is 0 Å². The molecule has 1 N–H and O–H groups in total. The number of nitrogens with one attached hydrogen (secondary N) is 1. The molecule has 1 saturated heterocycles. The fourth-order valence-electron chi connectivity index (χ4n) is 3.36. The lowest BCUT2D eigenvalue weighted by atomic mass is 10.2. The van der Waals surface area contributed by atoms with Crippen molar-refractivity contribution >= 4 is 5.91 Å². The van der Waals surface area contributed by atoms with E-state index in [0.717, 1.165) is 30.6 Å². The molecule has 0 bridgehead atoms. The molecule has 4 rings (SSSR count). The third-order valence-corrected chi connectivity index (χ3v) is 4.55. The molecule has 1 aliphatic carbocycles. The van der Waals surface area contributed by atoms with Crippen LogP contribution in [-0.4, -0.2) is 41.6 Å². The molecule has 0 radical (unpaired) electrons. The molecule has 1 aromatic carbocycles. The Labute approximate surface area is 140 Å². The van der Waals surface area contributed by atoms with Crippen LogP contribution in [0.15, 0.2) is 30.3 Å². The predicted molar refractivity (Wildman–Crippen MR) is 88.0 cm³/mol. The predicted octanol–water partition coefficient (Wildman–Crippen LogP) is 1.39. The van der Waals surface area contributed by atoms with Gasteiger partial charge in [-0.25, -0.2) is 4.68 Å². The smallest absolute Gasteiger partial charge is 0.251 e. The minimum Gasteiger partial charge on any atom is -0.376 e. The van der Waals surface area contributed by atoms with Crippen molar-refractivity contribution in [1.29, 1.82) is 0 Å². The summed E-state index contributed by atoms with van der Waals surface area (Å²) in [7, 11) is 0. The number of nitrogens with zero attached hydrogens (tertiary/aromatic N) is 2. The number of rotatable bonds is 4. The summed E-state index contributed by atoms with van der Waals surface area (Å²) < 4.78 is 12.7. The monoisotopic (exact) mass is 327 g/mol. The van der Waals surface area contributed by atoms with Crippen LogP contribution in [0.2, 0.25) is 0 Å². The Kier molecular flexibility index (Phi) is 4.32. The summed E-state index contributed by atoms with van der Waals surface area (Å²) in [5.41, 5.74) is 4.57. The molecule has 1 aromatic heterocycles. The summed E-state index contributed by atoms with van der Waals surface area (Å²) in [5, 5.41) is 7.69.